The maximum Gasteiger partial charge on any atom is 0.0221 e. The van der Waals surface area contributed by atoms with Crippen LogP contribution in [0.4, 0.5) is 0 Å². The first-order valence-corrected chi connectivity index (χ1v) is 6.29. The van der Waals surface area contributed by atoms with Crippen LogP contribution in [0.25, 0.3) is 0 Å². The number of nitrogens with one attached hydrogen (secondary N) is 1. The maximum absolute atomic E-state index is 3.68. The van der Waals surface area contributed by atoms with Crippen molar-refractivity contribution in [1.29, 1.82) is 0 Å². The van der Waals surface area contributed by atoms with E-state index in [0.29, 0.717) is 0 Å². The fourth-order valence-corrected chi connectivity index (χ4v) is 2.48. The molecule has 0 aromatic rings. The normalized spacial score (nSPS) is 29.4. The van der Waals surface area contributed by atoms with E-state index >= 15 is 0 Å². The predicted molar refractivity (Wildman–Crippen MR) is 62.6 cm³/mol. The van der Waals surface area contributed by atoms with E-state index in [1.54, 1.807) is 0 Å². The first-order chi connectivity index (χ1) is 6.81. The quantitative estimate of drug-likeness (QED) is 0.729. The third-order valence-corrected chi connectivity index (χ3v) is 3.28. The van der Waals surface area contributed by atoms with Crippen molar-refractivity contribution in [3.8, 4) is 0 Å². The molecule has 0 spiro atoms. The van der Waals surface area contributed by atoms with Gasteiger partial charge in [-0.15, -0.1) is 0 Å². The molecule has 0 aromatic heterocycles. The fourth-order valence-electron chi connectivity index (χ4n) is 2.48. The minimum absolute atomic E-state index is 0.744. The lowest BCUT2D eigenvalue weighted by molar-refractivity contribution is 0.126. The SMILES string of the molecule is CCCC1CN(CC)C(CCC)CN1. The number of likely N-dealkylation sites (N-methyl/N-ethyl adjacent to an activating group) is 1. The van der Waals surface area contributed by atoms with Gasteiger partial charge < -0.3 is 5.32 Å². The van der Waals surface area contributed by atoms with Gasteiger partial charge >= 0.3 is 0 Å². The molecule has 1 aliphatic rings. The summed E-state index contributed by atoms with van der Waals surface area (Å²) in [5.41, 5.74) is 0. The van der Waals surface area contributed by atoms with Crippen LogP contribution < -0.4 is 5.32 Å². The van der Waals surface area contributed by atoms with Gasteiger partial charge in [-0.05, 0) is 19.4 Å². The maximum atomic E-state index is 3.68. The number of nitrogens with zero attached hydrogens (tertiary/aromatic N) is 1. The molecule has 1 fully saturated rings. The first kappa shape index (κ1) is 12.0. The van der Waals surface area contributed by atoms with E-state index in [1.807, 2.05) is 0 Å². The molecule has 2 heteroatoms. The Labute approximate surface area is 89.1 Å². The van der Waals surface area contributed by atoms with Crippen molar-refractivity contribution in [3.05, 3.63) is 0 Å². The standard InChI is InChI=1S/C12H26N2/c1-4-7-11-10-14(6-3)12(8-5-2)9-13-11/h11-13H,4-10H2,1-3H3. The third-order valence-electron chi connectivity index (χ3n) is 3.28. The highest BCUT2D eigenvalue weighted by Crippen LogP contribution is 2.13. The van der Waals surface area contributed by atoms with Crippen molar-refractivity contribution in [1.82, 2.24) is 10.2 Å². The molecule has 2 atom stereocenters. The van der Waals surface area contributed by atoms with Crippen LogP contribution in [0.15, 0.2) is 0 Å². The number of rotatable bonds is 5. The van der Waals surface area contributed by atoms with Gasteiger partial charge in [0.15, 0.2) is 0 Å². The highest BCUT2D eigenvalue weighted by molar-refractivity contribution is 4.84. The lowest BCUT2D eigenvalue weighted by Crippen LogP contribution is -2.56. The Morgan fingerprint density at radius 1 is 1.14 bits per heavy atom. The second kappa shape index (κ2) is 6.41. The van der Waals surface area contributed by atoms with E-state index in [9.17, 15) is 0 Å². The topological polar surface area (TPSA) is 15.3 Å². The van der Waals surface area contributed by atoms with E-state index in [1.165, 1.54) is 45.3 Å². The zero-order valence-corrected chi connectivity index (χ0v) is 10.1. The Bertz CT molecular complexity index is 147. The minimum Gasteiger partial charge on any atom is -0.311 e. The molecule has 0 amide bonds. The van der Waals surface area contributed by atoms with Crippen LogP contribution in [0.1, 0.15) is 46.5 Å². The van der Waals surface area contributed by atoms with Gasteiger partial charge in [0.25, 0.3) is 0 Å². The molecule has 2 nitrogen and oxygen atoms in total. The highest BCUT2D eigenvalue weighted by Gasteiger charge is 2.25. The molecular formula is C12H26N2. The molecule has 0 aliphatic carbocycles. The summed E-state index contributed by atoms with van der Waals surface area (Å²) in [6.07, 6.45) is 5.28. The summed E-state index contributed by atoms with van der Waals surface area (Å²) in [7, 11) is 0. The highest BCUT2D eigenvalue weighted by atomic mass is 15.2. The molecule has 1 aliphatic heterocycles. The van der Waals surface area contributed by atoms with Crippen LogP contribution in [0.3, 0.4) is 0 Å². The lowest BCUT2D eigenvalue weighted by atomic mass is 10.0. The molecule has 0 radical (unpaired) electrons. The van der Waals surface area contributed by atoms with Crippen LogP contribution in [-0.4, -0.2) is 36.6 Å². The summed E-state index contributed by atoms with van der Waals surface area (Å²) in [5.74, 6) is 0. The van der Waals surface area contributed by atoms with Crippen molar-refractivity contribution in [2.24, 2.45) is 0 Å². The molecule has 1 saturated heterocycles. The molecule has 0 saturated carbocycles. The first-order valence-electron chi connectivity index (χ1n) is 6.29. The van der Waals surface area contributed by atoms with Gasteiger partial charge in [-0.3, -0.25) is 4.90 Å². The van der Waals surface area contributed by atoms with Crippen LogP contribution in [-0.2, 0) is 0 Å². The average molecular weight is 198 g/mol. The van der Waals surface area contributed by atoms with Crippen LogP contribution >= 0.6 is 0 Å². The van der Waals surface area contributed by atoms with Crippen molar-refractivity contribution < 1.29 is 0 Å². The Kier molecular flexibility index (Phi) is 5.49. The van der Waals surface area contributed by atoms with Gasteiger partial charge in [0.05, 0.1) is 0 Å². The van der Waals surface area contributed by atoms with Crippen LogP contribution in [0.2, 0.25) is 0 Å². The van der Waals surface area contributed by atoms with Gasteiger partial charge in [-0.2, -0.15) is 0 Å². The predicted octanol–water partition coefficient (Wildman–Crippen LogP) is 2.25. The molecule has 0 bridgehead atoms. The zero-order chi connectivity index (χ0) is 10.4. The summed E-state index contributed by atoms with van der Waals surface area (Å²) in [6, 6.07) is 1.53. The Balaban J connectivity index is 2.37. The van der Waals surface area contributed by atoms with E-state index in [-0.39, 0.29) is 0 Å². The lowest BCUT2D eigenvalue weighted by Gasteiger charge is -2.40. The van der Waals surface area contributed by atoms with Gasteiger partial charge in [0.1, 0.15) is 0 Å². The number of hydrogen-bond donors (Lipinski definition) is 1. The summed E-state index contributed by atoms with van der Waals surface area (Å²) in [4.78, 5) is 2.65. The molecule has 1 N–H and O–H groups in total. The van der Waals surface area contributed by atoms with E-state index in [2.05, 4.69) is 31.0 Å². The number of hydrogen-bond acceptors (Lipinski definition) is 2. The average Bonchev–Trinajstić information content (AvgIpc) is 2.21. The van der Waals surface area contributed by atoms with Crippen LogP contribution in [0.5, 0.6) is 0 Å². The summed E-state index contributed by atoms with van der Waals surface area (Å²) in [6.45, 7) is 10.5. The largest absolute Gasteiger partial charge is 0.311 e. The summed E-state index contributed by atoms with van der Waals surface area (Å²) in [5, 5.41) is 3.68. The molecule has 14 heavy (non-hydrogen) atoms. The number of piperazine rings is 1. The molecule has 1 rings (SSSR count). The molecule has 1 heterocycles. The molecule has 84 valence electrons. The van der Waals surface area contributed by atoms with Crippen molar-refractivity contribution in [2.45, 2.75) is 58.5 Å². The zero-order valence-electron chi connectivity index (χ0n) is 10.1. The molecule has 2 unspecified atom stereocenters. The van der Waals surface area contributed by atoms with Crippen molar-refractivity contribution in [3.63, 3.8) is 0 Å². The smallest absolute Gasteiger partial charge is 0.0221 e. The Hall–Kier alpha value is -0.0800. The Morgan fingerprint density at radius 2 is 1.86 bits per heavy atom. The molecular weight excluding hydrogens is 172 g/mol. The van der Waals surface area contributed by atoms with E-state index in [4.69, 9.17) is 0 Å². The van der Waals surface area contributed by atoms with Gasteiger partial charge in [-0.1, -0.05) is 33.6 Å². The van der Waals surface area contributed by atoms with E-state index < -0.39 is 0 Å². The fraction of sp³-hybridized carbons (Fsp3) is 1.00. The van der Waals surface area contributed by atoms with Crippen molar-refractivity contribution in [2.75, 3.05) is 19.6 Å². The minimum atomic E-state index is 0.744. The van der Waals surface area contributed by atoms with Crippen LogP contribution in [0, 0.1) is 0 Å². The van der Waals surface area contributed by atoms with Crippen molar-refractivity contribution >= 4 is 0 Å². The van der Waals surface area contributed by atoms with Gasteiger partial charge in [0.2, 0.25) is 0 Å². The summed E-state index contributed by atoms with van der Waals surface area (Å²) >= 11 is 0. The summed E-state index contributed by atoms with van der Waals surface area (Å²) < 4.78 is 0. The Morgan fingerprint density at radius 3 is 2.43 bits per heavy atom. The second-order valence-electron chi connectivity index (χ2n) is 4.42. The molecule has 0 aromatic carbocycles. The van der Waals surface area contributed by atoms with Gasteiger partial charge in [-0.25, -0.2) is 0 Å². The van der Waals surface area contributed by atoms with Gasteiger partial charge in [0, 0.05) is 25.2 Å². The monoisotopic (exact) mass is 198 g/mol. The van der Waals surface area contributed by atoms with E-state index in [0.717, 1.165) is 12.1 Å². The second-order valence-corrected chi connectivity index (χ2v) is 4.42. The third kappa shape index (κ3) is 3.25.